The van der Waals surface area contributed by atoms with Crippen molar-refractivity contribution in [3.05, 3.63) is 44.7 Å². The van der Waals surface area contributed by atoms with Crippen LogP contribution in [0.25, 0.3) is 0 Å². The number of pyridine rings is 1. The van der Waals surface area contributed by atoms with Gasteiger partial charge in [-0.05, 0) is 48.8 Å². The van der Waals surface area contributed by atoms with Gasteiger partial charge in [-0.3, -0.25) is 0 Å². The van der Waals surface area contributed by atoms with Crippen molar-refractivity contribution in [3.8, 4) is 5.88 Å². The molecular formula is C15H19BrN2OS. The second-order valence-corrected chi connectivity index (χ2v) is 6.76. The lowest BCUT2D eigenvalue weighted by Crippen LogP contribution is -2.18. The van der Waals surface area contributed by atoms with Gasteiger partial charge in [0.05, 0.1) is 6.10 Å². The molecule has 0 saturated carbocycles. The number of hydrogen-bond acceptors (Lipinski definition) is 4. The van der Waals surface area contributed by atoms with E-state index >= 15 is 0 Å². The Hall–Kier alpha value is -0.910. The Labute approximate surface area is 132 Å². The molecule has 0 bridgehead atoms. The second kappa shape index (κ2) is 7.20. The van der Waals surface area contributed by atoms with Gasteiger partial charge in [-0.2, -0.15) is 0 Å². The highest BCUT2D eigenvalue weighted by atomic mass is 79.9. The first-order valence-corrected chi connectivity index (χ1v) is 8.31. The van der Waals surface area contributed by atoms with Gasteiger partial charge in [0.15, 0.2) is 0 Å². The molecule has 0 saturated heterocycles. The third-order valence-electron chi connectivity index (χ3n) is 2.81. The minimum Gasteiger partial charge on any atom is -0.475 e. The highest BCUT2D eigenvalue weighted by Crippen LogP contribution is 2.26. The molecule has 0 amide bonds. The molecule has 0 radical (unpaired) electrons. The Morgan fingerprint density at radius 2 is 2.20 bits per heavy atom. The normalized spacial score (nSPS) is 12.7. The molecule has 108 valence electrons. The average molecular weight is 355 g/mol. The van der Waals surface area contributed by atoms with Crippen LogP contribution in [0.1, 0.15) is 37.3 Å². The van der Waals surface area contributed by atoms with Crippen LogP contribution in [0.2, 0.25) is 0 Å². The molecule has 1 unspecified atom stereocenters. The fraction of sp³-hybridized carbons (Fsp3) is 0.400. The Morgan fingerprint density at radius 3 is 2.85 bits per heavy atom. The molecule has 0 fully saturated rings. The summed E-state index contributed by atoms with van der Waals surface area (Å²) < 4.78 is 6.87. The van der Waals surface area contributed by atoms with Crippen LogP contribution in [-0.2, 0) is 6.54 Å². The monoisotopic (exact) mass is 354 g/mol. The molecule has 1 atom stereocenters. The molecule has 2 heterocycles. The summed E-state index contributed by atoms with van der Waals surface area (Å²) in [5.74, 6) is 0.717. The third kappa shape index (κ3) is 4.30. The number of rotatable bonds is 6. The smallest absolute Gasteiger partial charge is 0.218 e. The largest absolute Gasteiger partial charge is 0.475 e. The van der Waals surface area contributed by atoms with Crippen LogP contribution in [0.3, 0.4) is 0 Å². The SMILES string of the molecule is CC(C)Oc1ncccc1CNC(C)c1cc(Br)cs1. The van der Waals surface area contributed by atoms with Crippen molar-refractivity contribution in [1.29, 1.82) is 0 Å². The van der Waals surface area contributed by atoms with E-state index in [-0.39, 0.29) is 6.10 Å². The van der Waals surface area contributed by atoms with Gasteiger partial charge in [-0.25, -0.2) is 4.98 Å². The number of nitrogens with zero attached hydrogens (tertiary/aromatic N) is 1. The lowest BCUT2D eigenvalue weighted by molar-refractivity contribution is 0.229. The minimum absolute atomic E-state index is 0.134. The molecule has 20 heavy (non-hydrogen) atoms. The van der Waals surface area contributed by atoms with Crippen molar-refractivity contribution in [1.82, 2.24) is 10.3 Å². The molecule has 2 rings (SSSR count). The van der Waals surface area contributed by atoms with E-state index < -0.39 is 0 Å². The van der Waals surface area contributed by atoms with Crippen LogP contribution in [0.15, 0.2) is 34.2 Å². The Morgan fingerprint density at radius 1 is 1.40 bits per heavy atom. The van der Waals surface area contributed by atoms with Gasteiger partial charge in [0.2, 0.25) is 5.88 Å². The fourth-order valence-electron chi connectivity index (χ4n) is 1.81. The van der Waals surface area contributed by atoms with Gasteiger partial charge in [-0.15, -0.1) is 11.3 Å². The first-order valence-electron chi connectivity index (χ1n) is 6.64. The summed E-state index contributed by atoms with van der Waals surface area (Å²) in [6.07, 6.45) is 1.90. The van der Waals surface area contributed by atoms with E-state index in [0.717, 1.165) is 22.5 Å². The molecule has 0 aliphatic carbocycles. The number of hydrogen-bond donors (Lipinski definition) is 1. The van der Waals surface area contributed by atoms with Gasteiger partial charge in [0, 0.05) is 39.1 Å². The summed E-state index contributed by atoms with van der Waals surface area (Å²) >= 11 is 5.24. The summed E-state index contributed by atoms with van der Waals surface area (Å²) in [5.41, 5.74) is 1.09. The van der Waals surface area contributed by atoms with Crippen LogP contribution >= 0.6 is 27.3 Å². The molecule has 0 aliphatic rings. The molecule has 0 aromatic carbocycles. The van der Waals surface area contributed by atoms with Crippen LogP contribution in [-0.4, -0.2) is 11.1 Å². The standard InChI is InChI=1S/C15H19BrN2OS/c1-10(2)19-15-12(5-4-6-17-15)8-18-11(3)14-7-13(16)9-20-14/h4-7,9-11,18H,8H2,1-3H3. The first-order chi connectivity index (χ1) is 9.56. The van der Waals surface area contributed by atoms with Crippen molar-refractivity contribution in [3.63, 3.8) is 0 Å². The van der Waals surface area contributed by atoms with E-state index in [1.165, 1.54) is 4.88 Å². The van der Waals surface area contributed by atoms with Crippen molar-refractivity contribution in [2.45, 2.75) is 39.5 Å². The van der Waals surface area contributed by atoms with E-state index in [1.54, 1.807) is 17.5 Å². The topological polar surface area (TPSA) is 34.1 Å². The maximum atomic E-state index is 5.73. The van der Waals surface area contributed by atoms with Crippen LogP contribution in [0.4, 0.5) is 0 Å². The molecular weight excluding hydrogens is 336 g/mol. The van der Waals surface area contributed by atoms with E-state index in [1.807, 2.05) is 19.9 Å². The maximum absolute atomic E-state index is 5.73. The number of thiophene rings is 1. The predicted octanol–water partition coefficient (Wildman–Crippen LogP) is 4.54. The van der Waals surface area contributed by atoms with E-state index in [4.69, 9.17) is 4.74 Å². The molecule has 0 aliphatic heterocycles. The minimum atomic E-state index is 0.134. The third-order valence-corrected chi connectivity index (χ3v) is 4.69. The quantitative estimate of drug-likeness (QED) is 0.826. The predicted molar refractivity (Wildman–Crippen MR) is 87.3 cm³/mol. The maximum Gasteiger partial charge on any atom is 0.218 e. The molecule has 2 aromatic heterocycles. The molecule has 0 spiro atoms. The second-order valence-electron chi connectivity index (χ2n) is 4.90. The summed E-state index contributed by atoms with van der Waals surface area (Å²) in [7, 11) is 0. The summed E-state index contributed by atoms with van der Waals surface area (Å²) in [4.78, 5) is 5.62. The first kappa shape index (κ1) is 15.5. The molecule has 2 aromatic rings. The van der Waals surface area contributed by atoms with Gasteiger partial charge in [-0.1, -0.05) is 6.07 Å². The van der Waals surface area contributed by atoms with Gasteiger partial charge < -0.3 is 10.1 Å². The highest BCUT2D eigenvalue weighted by molar-refractivity contribution is 9.10. The van der Waals surface area contributed by atoms with Crippen LogP contribution in [0, 0.1) is 0 Å². The number of ether oxygens (including phenoxy) is 1. The zero-order valence-corrected chi connectivity index (χ0v) is 14.3. The molecule has 3 nitrogen and oxygen atoms in total. The summed E-state index contributed by atoms with van der Waals surface area (Å²) in [6.45, 7) is 6.93. The summed E-state index contributed by atoms with van der Waals surface area (Å²) in [6, 6.07) is 6.45. The zero-order valence-electron chi connectivity index (χ0n) is 11.9. The van der Waals surface area contributed by atoms with Crippen molar-refractivity contribution in [2.75, 3.05) is 0 Å². The Bertz CT molecular complexity index is 556. The van der Waals surface area contributed by atoms with Gasteiger partial charge >= 0.3 is 0 Å². The van der Waals surface area contributed by atoms with Crippen LogP contribution in [0.5, 0.6) is 5.88 Å². The number of aromatic nitrogens is 1. The van der Waals surface area contributed by atoms with Gasteiger partial charge in [0.1, 0.15) is 0 Å². The van der Waals surface area contributed by atoms with Crippen molar-refractivity contribution < 1.29 is 4.74 Å². The van der Waals surface area contributed by atoms with Gasteiger partial charge in [0.25, 0.3) is 0 Å². The van der Waals surface area contributed by atoms with Crippen molar-refractivity contribution >= 4 is 27.3 Å². The number of nitrogens with one attached hydrogen (secondary N) is 1. The lowest BCUT2D eigenvalue weighted by Gasteiger charge is -2.15. The van der Waals surface area contributed by atoms with E-state index in [9.17, 15) is 0 Å². The van der Waals surface area contributed by atoms with Crippen LogP contribution < -0.4 is 10.1 Å². The lowest BCUT2D eigenvalue weighted by atomic mass is 10.2. The Balaban J connectivity index is 2.00. The molecule has 5 heteroatoms. The van der Waals surface area contributed by atoms with E-state index in [0.29, 0.717) is 6.04 Å². The highest BCUT2D eigenvalue weighted by Gasteiger charge is 2.10. The van der Waals surface area contributed by atoms with E-state index in [2.05, 4.69) is 50.7 Å². The zero-order chi connectivity index (χ0) is 14.5. The Kier molecular flexibility index (Phi) is 5.57. The average Bonchev–Trinajstić information content (AvgIpc) is 2.83. The summed E-state index contributed by atoms with van der Waals surface area (Å²) in [5, 5.41) is 5.61. The fourth-order valence-corrected chi connectivity index (χ4v) is 3.28. The number of halogens is 1. The molecule has 1 N–H and O–H groups in total. The van der Waals surface area contributed by atoms with Crippen molar-refractivity contribution in [2.24, 2.45) is 0 Å².